The third-order valence-corrected chi connectivity index (χ3v) is 2.64. The number of methoxy groups -OCH3 is 1. The van der Waals surface area contributed by atoms with E-state index in [0.717, 1.165) is 0 Å². The van der Waals surface area contributed by atoms with E-state index < -0.39 is 16.8 Å². The first-order valence-corrected chi connectivity index (χ1v) is 5.91. The van der Waals surface area contributed by atoms with Gasteiger partial charge in [-0.05, 0) is 13.0 Å². The molecule has 0 radical (unpaired) electrons. The van der Waals surface area contributed by atoms with Crippen LogP contribution in [0.25, 0.3) is 0 Å². The molecule has 0 N–H and O–H groups in total. The smallest absolute Gasteiger partial charge is 0.315 e. The summed E-state index contributed by atoms with van der Waals surface area (Å²) in [6.07, 6.45) is -0.238. The zero-order valence-corrected chi connectivity index (χ0v) is 11.2. The molecule has 20 heavy (non-hydrogen) atoms. The first-order valence-electron chi connectivity index (χ1n) is 5.91. The molecule has 0 aromatic heterocycles. The van der Waals surface area contributed by atoms with E-state index in [0.29, 0.717) is 0 Å². The Balaban J connectivity index is 3.19. The van der Waals surface area contributed by atoms with Gasteiger partial charge in [0.25, 0.3) is 0 Å². The number of hydrogen-bond donors (Lipinski definition) is 0. The van der Waals surface area contributed by atoms with Gasteiger partial charge in [0.15, 0.2) is 5.75 Å². The van der Waals surface area contributed by atoms with Crippen LogP contribution in [-0.4, -0.2) is 24.6 Å². The van der Waals surface area contributed by atoms with E-state index in [1.807, 2.05) is 6.07 Å². The Kier molecular flexibility index (Phi) is 5.47. The number of carbonyl (C=O) groups excluding carboxylic acids is 1. The lowest BCUT2D eigenvalue weighted by Gasteiger charge is -2.11. The Hall–Kier alpha value is -2.62. The van der Waals surface area contributed by atoms with Gasteiger partial charge < -0.3 is 9.47 Å². The number of nitrogens with zero attached hydrogens (tertiary/aromatic N) is 2. The highest BCUT2D eigenvalue weighted by atomic mass is 16.6. The van der Waals surface area contributed by atoms with E-state index in [2.05, 4.69) is 0 Å². The molecule has 0 bridgehead atoms. The van der Waals surface area contributed by atoms with E-state index in [4.69, 9.17) is 14.7 Å². The maximum Gasteiger partial charge on any atom is 0.315 e. The fourth-order valence-corrected chi connectivity index (χ4v) is 1.79. The summed E-state index contributed by atoms with van der Waals surface area (Å²) in [4.78, 5) is 22.0. The van der Waals surface area contributed by atoms with Gasteiger partial charge in [0, 0.05) is 0 Å². The molecule has 0 saturated heterocycles. The second-order valence-electron chi connectivity index (χ2n) is 3.85. The average Bonchev–Trinajstić information content (AvgIpc) is 2.44. The summed E-state index contributed by atoms with van der Waals surface area (Å²) in [5.41, 5.74) is -0.157. The predicted molar refractivity (Wildman–Crippen MR) is 69.3 cm³/mol. The molecule has 106 valence electrons. The molecule has 1 aromatic rings. The van der Waals surface area contributed by atoms with Crippen LogP contribution in [0.1, 0.15) is 24.8 Å². The summed E-state index contributed by atoms with van der Waals surface area (Å²) >= 11 is 0. The molecule has 1 unspecified atom stereocenters. The van der Waals surface area contributed by atoms with Crippen molar-refractivity contribution in [3.8, 4) is 11.8 Å². The second kappa shape index (κ2) is 7.09. The highest BCUT2D eigenvalue weighted by molar-refractivity contribution is 5.72. The zero-order valence-electron chi connectivity index (χ0n) is 11.2. The number of para-hydroxylation sites is 1. The Labute approximate surface area is 115 Å². The van der Waals surface area contributed by atoms with Crippen LogP contribution in [0.15, 0.2) is 18.2 Å². The number of rotatable bonds is 6. The van der Waals surface area contributed by atoms with Crippen molar-refractivity contribution < 1.29 is 19.2 Å². The minimum Gasteiger partial charge on any atom is -0.490 e. The Morgan fingerprint density at radius 2 is 2.25 bits per heavy atom. The summed E-state index contributed by atoms with van der Waals surface area (Å²) in [5, 5.41) is 20.3. The van der Waals surface area contributed by atoms with Crippen molar-refractivity contribution >= 4 is 11.7 Å². The fraction of sp³-hybridized carbons (Fsp3) is 0.385. The van der Waals surface area contributed by atoms with Gasteiger partial charge in [-0.2, -0.15) is 5.26 Å². The van der Waals surface area contributed by atoms with Gasteiger partial charge in [0.2, 0.25) is 0 Å². The van der Waals surface area contributed by atoms with Gasteiger partial charge >= 0.3 is 11.7 Å². The summed E-state index contributed by atoms with van der Waals surface area (Å²) in [6.45, 7) is 1.84. The van der Waals surface area contributed by atoms with Crippen molar-refractivity contribution in [2.24, 2.45) is 0 Å². The highest BCUT2D eigenvalue weighted by Gasteiger charge is 2.28. The molecule has 0 aliphatic carbocycles. The minimum absolute atomic E-state index is 0.0524. The molecule has 0 aliphatic heterocycles. The van der Waals surface area contributed by atoms with Crippen LogP contribution in [-0.2, 0) is 9.53 Å². The van der Waals surface area contributed by atoms with E-state index in [9.17, 15) is 14.9 Å². The Bertz CT molecular complexity index is 550. The normalized spacial score (nSPS) is 11.2. The van der Waals surface area contributed by atoms with Crippen LogP contribution in [0.3, 0.4) is 0 Å². The number of nitro groups is 1. The molecule has 0 fully saturated rings. The largest absolute Gasteiger partial charge is 0.490 e. The summed E-state index contributed by atoms with van der Waals surface area (Å²) < 4.78 is 9.69. The highest BCUT2D eigenvalue weighted by Crippen LogP contribution is 2.36. The lowest BCUT2D eigenvalue weighted by atomic mass is 9.95. The summed E-state index contributed by atoms with van der Waals surface area (Å²) in [7, 11) is 1.30. The third-order valence-electron chi connectivity index (χ3n) is 2.64. The van der Waals surface area contributed by atoms with Crippen molar-refractivity contribution in [1.29, 1.82) is 5.26 Å². The molecular formula is C13H14N2O5. The topological polar surface area (TPSA) is 102 Å². The van der Waals surface area contributed by atoms with Crippen LogP contribution in [0.4, 0.5) is 5.69 Å². The van der Waals surface area contributed by atoms with Crippen LogP contribution in [0, 0.1) is 21.4 Å². The van der Waals surface area contributed by atoms with Gasteiger partial charge in [-0.25, -0.2) is 0 Å². The molecule has 7 nitrogen and oxygen atoms in total. The van der Waals surface area contributed by atoms with Gasteiger partial charge in [0.1, 0.15) is 0 Å². The molecule has 1 aromatic carbocycles. The number of hydrogen-bond acceptors (Lipinski definition) is 6. The van der Waals surface area contributed by atoms with Gasteiger partial charge in [-0.1, -0.05) is 12.1 Å². The Morgan fingerprint density at radius 3 is 2.75 bits per heavy atom. The standard InChI is InChI=1S/C13H14N2O5/c1-3-20-12(16)7-9(8-14)10-5-4-6-11(19-2)13(10)15(17)18/h4-6,9H,3,7H2,1-2H3. The molecule has 0 saturated carbocycles. The molecular weight excluding hydrogens is 264 g/mol. The minimum atomic E-state index is -0.954. The van der Waals surface area contributed by atoms with Crippen molar-refractivity contribution in [3.63, 3.8) is 0 Å². The first kappa shape index (κ1) is 15.4. The molecule has 0 amide bonds. The maximum atomic E-state index is 11.4. The van der Waals surface area contributed by atoms with Crippen molar-refractivity contribution in [1.82, 2.24) is 0 Å². The number of benzene rings is 1. The number of ether oxygens (including phenoxy) is 2. The SMILES string of the molecule is CCOC(=O)CC(C#N)c1cccc(OC)c1[N+](=O)[O-]. The number of carbonyl (C=O) groups is 1. The van der Waals surface area contributed by atoms with Crippen LogP contribution >= 0.6 is 0 Å². The third kappa shape index (κ3) is 3.45. The second-order valence-corrected chi connectivity index (χ2v) is 3.85. The summed E-state index contributed by atoms with van der Waals surface area (Å²) in [6, 6.07) is 6.30. The molecule has 7 heteroatoms. The van der Waals surface area contributed by atoms with Crippen LogP contribution in [0.2, 0.25) is 0 Å². The molecule has 0 spiro atoms. The van der Waals surface area contributed by atoms with Crippen molar-refractivity contribution in [2.75, 3.05) is 13.7 Å². The van der Waals surface area contributed by atoms with E-state index >= 15 is 0 Å². The molecule has 0 aliphatic rings. The number of esters is 1. The average molecular weight is 278 g/mol. The molecule has 1 atom stereocenters. The van der Waals surface area contributed by atoms with Gasteiger partial charge in [-0.15, -0.1) is 0 Å². The maximum absolute atomic E-state index is 11.4. The van der Waals surface area contributed by atoms with Crippen molar-refractivity contribution in [3.05, 3.63) is 33.9 Å². The molecule has 1 rings (SSSR count). The van der Waals surface area contributed by atoms with Gasteiger partial charge in [-0.3, -0.25) is 14.9 Å². The summed E-state index contributed by atoms with van der Waals surface area (Å²) in [5.74, 6) is -1.47. The number of nitriles is 1. The van der Waals surface area contributed by atoms with Crippen LogP contribution < -0.4 is 4.74 Å². The molecule has 0 heterocycles. The zero-order chi connectivity index (χ0) is 15.1. The van der Waals surface area contributed by atoms with Gasteiger partial charge in [0.05, 0.1) is 42.6 Å². The lowest BCUT2D eigenvalue weighted by molar-refractivity contribution is -0.386. The van der Waals surface area contributed by atoms with E-state index in [1.54, 1.807) is 6.92 Å². The van der Waals surface area contributed by atoms with Crippen molar-refractivity contribution in [2.45, 2.75) is 19.3 Å². The first-order chi connectivity index (χ1) is 9.54. The quantitative estimate of drug-likeness (QED) is 0.449. The number of nitro benzene ring substituents is 1. The Morgan fingerprint density at radius 1 is 1.55 bits per heavy atom. The van der Waals surface area contributed by atoms with E-state index in [1.165, 1.54) is 25.3 Å². The van der Waals surface area contributed by atoms with E-state index in [-0.39, 0.29) is 30.0 Å². The van der Waals surface area contributed by atoms with Crippen LogP contribution in [0.5, 0.6) is 5.75 Å². The predicted octanol–water partition coefficient (Wildman–Crippen LogP) is 2.16. The lowest BCUT2D eigenvalue weighted by Crippen LogP contribution is -2.11. The monoisotopic (exact) mass is 278 g/mol. The fourth-order valence-electron chi connectivity index (χ4n) is 1.79.